The van der Waals surface area contributed by atoms with Crippen molar-refractivity contribution < 1.29 is 0 Å². The molecule has 4 rings (SSSR count). The number of nitrogens with one attached hydrogen (secondary N) is 2. The lowest BCUT2D eigenvalue weighted by molar-refractivity contribution is 0.316. The molecule has 112 valence electrons. The molecule has 0 amide bonds. The number of fused-ring (bicyclic) bond motifs is 1. The molecular weight excluding hydrogens is 268 g/mol. The number of rotatable bonds is 4. The first kappa shape index (κ1) is 12.8. The zero-order chi connectivity index (χ0) is 14.4. The van der Waals surface area contributed by atoms with Crippen LogP contribution < -0.4 is 11.0 Å². The molecule has 2 N–H and O–H groups in total. The molecule has 1 atom stereocenters. The summed E-state index contributed by atoms with van der Waals surface area (Å²) in [4.78, 5) is 18.6. The number of aryl methyl sites for hydroxylation is 1. The molecule has 0 spiro atoms. The van der Waals surface area contributed by atoms with Gasteiger partial charge < -0.3 is 10.2 Å². The van der Waals surface area contributed by atoms with Crippen molar-refractivity contribution in [3.63, 3.8) is 0 Å². The van der Waals surface area contributed by atoms with Crippen LogP contribution >= 0.6 is 0 Å². The van der Waals surface area contributed by atoms with Gasteiger partial charge in [0.15, 0.2) is 5.65 Å². The van der Waals surface area contributed by atoms with Crippen LogP contribution in [-0.4, -0.2) is 50.2 Å². The minimum atomic E-state index is -0.239. The summed E-state index contributed by atoms with van der Waals surface area (Å²) in [6, 6.07) is 2.68. The highest BCUT2D eigenvalue weighted by Crippen LogP contribution is 2.31. The zero-order valence-corrected chi connectivity index (χ0v) is 12.2. The number of H-pyrrole nitrogens is 1. The van der Waals surface area contributed by atoms with Gasteiger partial charge in [-0.3, -0.25) is 0 Å². The van der Waals surface area contributed by atoms with Crippen molar-refractivity contribution in [3.8, 4) is 0 Å². The molecule has 7 heteroatoms. The maximum Gasteiger partial charge on any atom is 0.349 e. The quantitative estimate of drug-likeness (QED) is 0.862. The summed E-state index contributed by atoms with van der Waals surface area (Å²) in [5.74, 6) is 2.13. The van der Waals surface area contributed by atoms with Crippen LogP contribution in [0.25, 0.3) is 5.65 Å². The van der Waals surface area contributed by atoms with Gasteiger partial charge in [0.2, 0.25) is 0 Å². The molecule has 2 aliphatic rings. The van der Waals surface area contributed by atoms with Gasteiger partial charge in [-0.05, 0) is 38.6 Å². The Kier molecular flexibility index (Phi) is 2.95. The van der Waals surface area contributed by atoms with E-state index >= 15 is 0 Å². The molecule has 1 saturated carbocycles. The lowest BCUT2D eigenvalue weighted by atomic mass is 10.1. The van der Waals surface area contributed by atoms with E-state index < -0.39 is 0 Å². The number of hydrogen-bond donors (Lipinski definition) is 2. The van der Waals surface area contributed by atoms with Gasteiger partial charge in [0.1, 0.15) is 11.6 Å². The summed E-state index contributed by atoms with van der Waals surface area (Å²) in [7, 11) is 0. The Labute approximate surface area is 122 Å². The van der Waals surface area contributed by atoms with Crippen molar-refractivity contribution in [2.75, 3.05) is 25.0 Å². The normalized spacial score (nSPS) is 23.0. The average Bonchev–Trinajstić information content (AvgIpc) is 3.09. The van der Waals surface area contributed by atoms with Crippen LogP contribution in [0, 0.1) is 12.8 Å². The van der Waals surface area contributed by atoms with Gasteiger partial charge in [-0.15, -0.1) is 0 Å². The van der Waals surface area contributed by atoms with Crippen molar-refractivity contribution in [1.82, 2.24) is 24.5 Å². The van der Waals surface area contributed by atoms with Crippen LogP contribution in [0.15, 0.2) is 10.9 Å². The highest BCUT2D eigenvalue weighted by molar-refractivity contribution is 5.49. The summed E-state index contributed by atoms with van der Waals surface area (Å²) in [5, 5.41) is 9.85. The summed E-state index contributed by atoms with van der Waals surface area (Å²) >= 11 is 0. The van der Waals surface area contributed by atoms with Gasteiger partial charge in [0.25, 0.3) is 0 Å². The zero-order valence-electron chi connectivity index (χ0n) is 12.2. The monoisotopic (exact) mass is 288 g/mol. The van der Waals surface area contributed by atoms with E-state index in [0.29, 0.717) is 17.4 Å². The summed E-state index contributed by atoms with van der Waals surface area (Å²) in [5.41, 5.74) is 0.374. The Balaban J connectivity index is 1.44. The molecule has 7 nitrogen and oxygen atoms in total. The van der Waals surface area contributed by atoms with Crippen molar-refractivity contribution in [1.29, 1.82) is 0 Å². The lowest BCUT2D eigenvalue weighted by Crippen LogP contribution is -2.25. The number of aromatic nitrogens is 4. The predicted molar refractivity (Wildman–Crippen MR) is 79.5 cm³/mol. The lowest BCUT2D eigenvalue weighted by Gasteiger charge is -2.15. The van der Waals surface area contributed by atoms with Crippen molar-refractivity contribution >= 4 is 11.5 Å². The third-order valence-corrected chi connectivity index (χ3v) is 4.52. The molecule has 2 fully saturated rings. The number of anilines is 1. The minimum Gasteiger partial charge on any atom is -0.370 e. The first-order chi connectivity index (χ1) is 10.2. The molecule has 0 bridgehead atoms. The highest BCUT2D eigenvalue weighted by atomic mass is 16.1. The third-order valence-electron chi connectivity index (χ3n) is 4.52. The number of likely N-dealkylation sites (tertiary alicyclic amines) is 1. The molecule has 0 aromatic carbocycles. The van der Waals surface area contributed by atoms with Crippen molar-refractivity contribution in [3.05, 3.63) is 22.4 Å². The van der Waals surface area contributed by atoms with Gasteiger partial charge in [-0.25, -0.2) is 19.3 Å². The maximum absolute atomic E-state index is 11.6. The summed E-state index contributed by atoms with van der Waals surface area (Å²) in [6.45, 7) is 5.18. The Morgan fingerprint density at radius 2 is 2.29 bits per heavy atom. The molecule has 2 aromatic rings. The van der Waals surface area contributed by atoms with Crippen LogP contribution in [0.2, 0.25) is 0 Å². The molecule has 21 heavy (non-hydrogen) atoms. The van der Waals surface area contributed by atoms with E-state index in [2.05, 4.69) is 25.4 Å². The van der Waals surface area contributed by atoms with E-state index in [4.69, 9.17) is 0 Å². The largest absolute Gasteiger partial charge is 0.370 e. The Bertz CT molecular complexity index is 716. The van der Waals surface area contributed by atoms with E-state index in [-0.39, 0.29) is 5.69 Å². The molecule has 1 aliphatic heterocycles. The molecule has 1 aliphatic carbocycles. The van der Waals surface area contributed by atoms with Crippen LogP contribution in [0.3, 0.4) is 0 Å². The fourth-order valence-electron chi connectivity index (χ4n) is 3.24. The second-order valence-corrected chi connectivity index (χ2v) is 6.17. The van der Waals surface area contributed by atoms with E-state index in [1.54, 1.807) is 0 Å². The number of hydrogen-bond acceptors (Lipinski definition) is 5. The molecule has 2 aromatic heterocycles. The van der Waals surface area contributed by atoms with Gasteiger partial charge in [0, 0.05) is 25.2 Å². The Morgan fingerprint density at radius 1 is 1.43 bits per heavy atom. The molecule has 1 unspecified atom stereocenters. The van der Waals surface area contributed by atoms with E-state index in [0.717, 1.165) is 18.4 Å². The van der Waals surface area contributed by atoms with E-state index in [9.17, 15) is 4.79 Å². The van der Waals surface area contributed by atoms with Crippen LogP contribution in [0.1, 0.15) is 25.1 Å². The topological polar surface area (TPSA) is 78.3 Å². The Hall–Kier alpha value is -1.89. The minimum absolute atomic E-state index is 0.239. The van der Waals surface area contributed by atoms with Crippen LogP contribution in [0.4, 0.5) is 5.82 Å². The number of nitrogens with zero attached hydrogens (tertiary/aromatic N) is 4. The SMILES string of the molecule is Cc1nc(NCC2CCN(C3CC3)C2)cc2n[nH]c(=O)n12. The van der Waals surface area contributed by atoms with Crippen LogP contribution in [0.5, 0.6) is 0 Å². The first-order valence-electron chi connectivity index (χ1n) is 7.63. The first-order valence-corrected chi connectivity index (χ1v) is 7.63. The summed E-state index contributed by atoms with van der Waals surface area (Å²) in [6.07, 6.45) is 4.02. The fraction of sp³-hybridized carbons (Fsp3) is 0.643. The maximum atomic E-state index is 11.6. The van der Waals surface area contributed by atoms with E-state index in [1.165, 1.54) is 36.8 Å². The second-order valence-electron chi connectivity index (χ2n) is 6.17. The highest BCUT2D eigenvalue weighted by Gasteiger charge is 2.34. The number of aromatic amines is 1. The molecule has 0 radical (unpaired) electrons. The standard InChI is InChI=1S/C14H20N6O/c1-9-16-12(6-13-17-18-14(21)20(9)13)15-7-10-4-5-19(8-10)11-2-3-11/h6,10-11,15H,2-5,7-8H2,1H3,(H,18,21). The van der Waals surface area contributed by atoms with Gasteiger partial charge >= 0.3 is 5.69 Å². The van der Waals surface area contributed by atoms with Crippen molar-refractivity contribution in [2.24, 2.45) is 5.92 Å². The fourth-order valence-corrected chi connectivity index (χ4v) is 3.24. The van der Waals surface area contributed by atoms with E-state index in [1.807, 2.05) is 13.0 Å². The van der Waals surface area contributed by atoms with Crippen molar-refractivity contribution in [2.45, 2.75) is 32.2 Å². The van der Waals surface area contributed by atoms with Crippen LogP contribution in [-0.2, 0) is 0 Å². The molecule has 1 saturated heterocycles. The predicted octanol–water partition coefficient (Wildman–Crippen LogP) is 0.622. The summed E-state index contributed by atoms with van der Waals surface area (Å²) < 4.78 is 1.48. The smallest absolute Gasteiger partial charge is 0.349 e. The molecular formula is C14H20N6O. The molecule has 3 heterocycles. The average molecular weight is 288 g/mol. The Morgan fingerprint density at radius 3 is 3.10 bits per heavy atom. The third kappa shape index (κ3) is 2.42. The second kappa shape index (κ2) is 4.84. The van der Waals surface area contributed by atoms with Gasteiger partial charge in [0.05, 0.1) is 0 Å². The van der Waals surface area contributed by atoms with Gasteiger partial charge in [-0.2, -0.15) is 5.10 Å². The van der Waals surface area contributed by atoms with Gasteiger partial charge in [-0.1, -0.05) is 0 Å².